The smallest absolute Gasteiger partial charge is 0.423 e. The monoisotopic (exact) mass is 253 g/mol. The van der Waals surface area contributed by atoms with Crippen molar-refractivity contribution < 1.29 is 19.2 Å². The number of halogens is 1. The summed E-state index contributed by atoms with van der Waals surface area (Å²) in [5.74, 6) is -0.593. The molecule has 1 unspecified atom stereocenters. The molecule has 1 fully saturated rings. The SMILES string of the molecule is COC1CCN(Cc2ccc(F)c(B(O)O)c2)C1. The largest absolute Gasteiger partial charge is 0.491 e. The van der Waals surface area contributed by atoms with Crippen molar-refractivity contribution in [2.24, 2.45) is 0 Å². The van der Waals surface area contributed by atoms with Crippen molar-refractivity contribution in [1.82, 2.24) is 4.90 Å². The minimum Gasteiger partial charge on any atom is -0.423 e. The van der Waals surface area contributed by atoms with Gasteiger partial charge in [0.2, 0.25) is 0 Å². The third-order valence-corrected chi connectivity index (χ3v) is 3.31. The quantitative estimate of drug-likeness (QED) is 0.725. The average Bonchev–Trinajstić information content (AvgIpc) is 2.79. The molecular formula is C12H17BFNO3. The van der Waals surface area contributed by atoms with Crippen LogP contribution in [0.25, 0.3) is 0 Å². The number of benzene rings is 1. The molecule has 0 bridgehead atoms. The van der Waals surface area contributed by atoms with E-state index < -0.39 is 12.9 Å². The average molecular weight is 253 g/mol. The van der Waals surface area contributed by atoms with Crippen LogP contribution in [-0.2, 0) is 11.3 Å². The fraction of sp³-hybridized carbons (Fsp3) is 0.500. The molecule has 0 aromatic heterocycles. The second kappa shape index (κ2) is 5.80. The second-order valence-corrected chi connectivity index (χ2v) is 4.61. The Labute approximate surface area is 106 Å². The van der Waals surface area contributed by atoms with Crippen LogP contribution in [0.3, 0.4) is 0 Å². The van der Waals surface area contributed by atoms with Gasteiger partial charge in [0.15, 0.2) is 0 Å². The first-order chi connectivity index (χ1) is 8.60. The Kier molecular flexibility index (Phi) is 4.34. The zero-order valence-electron chi connectivity index (χ0n) is 10.3. The highest BCUT2D eigenvalue weighted by Crippen LogP contribution is 2.15. The molecule has 4 nitrogen and oxygen atoms in total. The first-order valence-corrected chi connectivity index (χ1v) is 5.99. The van der Waals surface area contributed by atoms with Crippen molar-refractivity contribution >= 4 is 12.6 Å². The fourth-order valence-electron chi connectivity index (χ4n) is 2.28. The van der Waals surface area contributed by atoms with Crippen molar-refractivity contribution in [3.8, 4) is 0 Å². The molecule has 1 saturated heterocycles. The summed E-state index contributed by atoms with van der Waals surface area (Å²) in [6.07, 6.45) is 1.25. The molecule has 0 aliphatic carbocycles. The highest BCUT2D eigenvalue weighted by Gasteiger charge is 2.23. The molecule has 2 rings (SSSR count). The number of nitrogens with zero attached hydrogens (tertiary/aromatic N) is 1. The van der Waals surface area contributed by atoms with Gasteiger partial charge in [-0.15, -0.1) is 0 Å². The Morgan fingerprint density at radius 1 is 1.50 bits per heavy atom. The lowest BCUT2D eigenvalue weighted by Gasteiger charge is -2.16. The maximum absolute atomic E-state index is 13.3. The maximum Gasteiger partial charge on any atom is 0.491 e. The summed E-state index contributed by atoms with van der Waals surface area (Å²) >= 11 is 0. The number of hydrogen-bond acceptors (Lipinski definition) is 4. The number of rotatable bonds is 4. The molecule has 1 atom stereocenters. The fourth-order valence-corrected chi connectivity index (χ4v) is 2.28. The topological polar surface area (TPSA) is 52.9 Å². The zero-order valence-corrected chi connectivity index (χ0v) is 10.3. The molecule has 1 aliphatic heterocycles. The molecule has 0 spiro atoms. The standard InChI is InChI=1S/C12H17BFNO3/c1-18-10-4-5-15(8-10)7-9-2-3-12(14)11(6-9)13(16)17/h2-3,6,10,16-17H,4-5,7-8H2,1H3. The summed E-state index contributed by atoms with van der Waals surface area (Å²) in [4.78, 5) is 2.20. The van der Waals surface area contributed by atoms with Crippen LogP contribution in [0.4, 0.5) is 4.39 Å². The van der Waals surface area contributed by atoms with E-state index in [1.165, 1.54) is 12.1 Å². The van der Waals surface area contributed by atoms with Gasteiger partial charge >= 0.3 is 7.12 Å². The summed E-state index contributed by atoms with van der Waals surface area (Å²) in [5.41, 5.74) is 0.797. The van der Waals surface area contributed by atoms with Crippen LogP contribution in [0.1, 0.15) is 12.0 Å². The first-order valence-electron chi connectivity index (χ1n) is 5.99. The van der Waals surface area contributed by atoms with E-state index in [-0.39, 0.29) is 11.6 Å². The van der Waals surface area contributed by atoms with E-state index in [9.17, 15) is 4.39 Å². The summed E-state index contributed by atoms with van der Waals surface area (Å²) in [5, 5.41) is 18.1. The van der Waals surface area contributed by atoms with Gasteiger partial charge in [0, 0.05) is 32.2 Å². The van der Waals surface area contributed by atoms with E-state index in [1.807, 2.05) is 0 Å². The van der Waals surface area contributed by atoms with Crippen LogP contribution < -0.4 is 5.46 Å². The van der Waals surface area contributed by atoms with Crippen molar-refractivity contribution in [2.45, 2.75) is 19.1 Å². The van der Waals surface area contributed by atoms with Gasteiger partial charge in [-0.2, -0.15) is 0 Å². The summed E-state index contributed by atoms with van der Waals surface area (Å²) in [7, 11) is -0.0676. The van der Waals surface area contributed by atoms with E-state index in [0.29, 0.717) is 6.54 Å². The summed E-state index contributed by atoms with van der Waals surface area (Å²) < 4.78 is 18.6. The molecule has 2 N–H and O–H groups in total. The van der Waals surface area contributed by atoms with E-state index in [4.69, 9.17) is 14.8 Å². The van der Waals surface area contributed by atoms with Gasteiger partial charge in [0.05, 0.1) is 6.10 Å². The second-order valence-electron chi connectivity index (χ2n) is 4.61. The van der Waals surface area contributed by atoms with Gasteiger partial charge in [-0.25, -0.2) is 4.39 Å². The maximum atomic E-state index is 13.3. The molecule has 1 heterocycles. The highest BCUT2D eigenvalue weighted by molar-refractivity contribution is 6.58. The van der Waals surface area contributed by atoms with E-state index >= 15 is 0 Å². The van der Waals surface area contributed by atoms with Crippen LogP contribution in [0.5, 0.6) is 0 Å². The number of hydrogen-bond donors (Lipinski definition) is 2. The minimum absolute atomic E-state index is 0.0741. The predicted molar refractivity (Wildman–Crippen MR) is 66.9 cm³/mol. The van der Waals surface area contributed by atoms with E-state index in [1.54, 1.807) is 13.2 Å². The highest BCUT2D eigenvalue weighted by atomic mass is 19.1. The molecule has 1 aliphatic rings. The van der Waals surface area contributed by atoms with E-state index in [2.05, 4.69) is 4.90 Å². The van der Waals surface area contributed by atoms with Gasteiger partial charge in [0.1, 0.15) is 5.82 Å². The molecule has 98 valence electrons. The van der Waals surface area contributed by atoms with Crippen LogP contribution in [0.2, 0.25) is 0 Å². The molecule has 0 saturated carbocycles. The van der Waals surface area contributed by atoms with E-state index in [0.717, 1.165) is 25.1 Å². The first kappa shape index (κ1) is 13.5. The van der Waals surface area contributed by atoms with Gasteiger partial charge in [0.25, 0.3) is 0 Å². The van der Waals surface area contributed by atoms with Crippen molar-refractivity contribution in [2.75, 3.05) is 20.2 Å². The molecular weight excluding hydrogens is 236 g/mol. The van der Waals surface area contributed by atoms with Crippen molar-refractivity contribution in [1.29, 1.82) is 0 Å². The predicted octanol–water partition coefficient (Wildman–Crippen LogP) is -0.274. The summed E-state index contributed by atoms with van der Waals surface area (Å²) in [6, 6.07) is 4.44. The number of ether oxygens (including phenoxy) is 1. The Bertz CT molecular complexity index is 416. The van der Waals surface area contributed by atoms with Crippen LogP contribution >= 0.6 is 0 Å². The Morgan fingerprint density at radius 3 is 2.89 bits per heavy atom. The van der Waals surface area contributed by atoms with Crippen molar-refractivity contribution in [3.63, 3.8) is 0 Å². The Balaban J connectivity index is 2.04. The third-order valence-electron chi connectivity index (χ3n) is 3.31. The van der Waals surface area contributed by atoms with Crippen molar-refractivity contribution in [3.05, 3.63) is 29.6 Å². The number of likely N-dealkylation sites (tertiary alicyclic amines) is 1. The Hall–Kier alpha value is -0.945. The molecule has 18 heavy (non-hydrogen) atoms. The van der Waals surface area contributed by atoms with Gasteiger partial charge < -0.3 is 14.8 Å². The van der Waals surface area contributed by atoms with Gasteiger partial charge in [-0.1, -0.05) is 12.1 Å². The van der Waals surface area contributed by atoms with Gasteiger partial charge in [-0.3, -0.25) is 4.90 Å². The third kappa shape index (κ3) is 3.08. The molecule has 6 heteroatoms. The molecule has 1 aromatic carbocycles. The zero-order chi connectivity index (χ0) is 13.1. The Morgan fingerprint density at radius 2 is 2.28 bits per heavy atom. The van der Waals surface area contributed by atoms with Crippen LogP contribution in [-0.4, -0.2) is 48.4 Å². The number of methoxy groups -OCH3 is 1. The molecule has 1 aromatic rings. The molecule has 0 amide bonds. The van der Waals surface area contributed by atoms with Crippen LogP contribution in [0.15, 0.2) is 18.2 Å². The lowest BCUT2D eigenvalue weighted by atomic mass is 9.79. The minimum atomic E-state index is -1.77. The van der Waals surface area contributed by atoms with Crippen LogP contribution in [0, 0.1) is 5.82 Å². The lowest BCUT2D eigenvalue weighted by molar-refractivity contribution is 0.107. The molecule has 0 radical (unpaired) electrons. The normalized spacial score (nSPS) is 20.3. The van der Waals surface area contributed by atoms with Gasteiger partial charge in [-0.05, 0) is 18.1 Å². The lowest BCUT2D eigenvalue weighted by Crippen LogP contribution is -2.33. The summed E-state index contributed by atoms with van der Waals surface area (Å²) in [6.45, 7) is 2.46.